The first-order valence-electron chi connectivity index (χ1n) is 7.19. The van der Waals surface area contributed by atoms with Gasteiger partial charge in [0.25, 0.3) is 5.91 Å². The highest BCUT2D eigenvalue weighted by Crippen LogP contribution is 2.25. The van der Waals surface area contributed by atoms with Crippen LogP contribution in [0.15, 0.2) is 36.8 Å². The van der Waals surface area contributed by atoms with Crippen molar-refractivity contribution in [2.45, 2.75) is 13.5 Å². The predicted octanol–water partition coefficient (Wildman–Crippen LogP) is 2.24. The minimum atomic E-state index is -0.178. The standard InChI is InChI=1S/C16H15N5O2S/c1-10-13(24-16(21-10)14-17-6-3-7-18-14)15(22)20-9-11-4-5-12(23-2)19-8-11/h3-8H,9H2,1-2H3,(H,20,22). The van der Waals surface area contributed by atoms with E-state index in [9.17, 15) is 4.79 Å². The van der Waals surface area contributed by atoms with Gasteiger partial charge in [-0.05, 0) is 18.6 Å². The van der Waals surface area contributed by atoms with Crippen molar-refractivity contribution in [2.24, 2.45) is 0 Å². The number of carbonyl (C=O) groups is 1. The Bertz CT molecular complexity index is 833. The van der Waals surface area contributed by atoms with Crippen LogP contribution in [0.2, 0.25) is 0 Å². The number of aromatic nitrogens is 4. The lowest BCUT2D eigenvalue weighted by Crippen LogP contribution is -2.22. The van der Waals surface area contributed by atoms with Gasteiger partial charge >= 0.3 is 0 Å². The van der Waals surface area contributed by atoms with Gasteiger partial charge in [0.15, 0.2) is 10.8 Å². The summed E-state index contributed by atoms with van der Waals surface area (Å²) in [5, 5.41) is 3.50. The second-order valence-electron chi connectivity index (χ2n) is 4.90. The van der Waals surface area contributed by atoms with Crippen LogP contribution in [0, 0.1) is 6.92 Å². The zero-order chi connectivity index (χ0) is 16.9. The first-order valence-corrected chi connectivity index (χ1v) is 8.01. The van der Waals surface area contributed by atoms with Crippen molar-refractivity contribution >= 4 is 17.2 Å². The van der Waals surface area contributed by atoms with Gasteiger partial charge in [0.05, 0.1) is 12.8 Å². The summed E-state index contributed by atoms with van der Waals surface area (Å²) in [7, 11) is 1.56. The van der Waals surface area contributed by atoms with Crippen molar-refractivity contribution in [1.82, 2.24) is 25.3 Å². The molecule has 0 spiro atoms. The van der Waals surface area contributed by atoms with Crippen molar-refractivity contribution in [3.63, 3.8) is 0 Å². The number of pyridine rings is 1. The first-order chi connectivity index (χ1) is 11.7. The van der Waals surface area contributed by atoms with E-state index in [0.29, 0.717) is 33.8 Å². The third kappa shape index (κ3) is 3.54. The van der Waals surface area contributed by atoms with Crippen LogP contribution < -0.4 is 10.1 Å². The number of carbonyl (C=O) groups excluding carboxylic acids is 1. The Balaban J connectivity index is 1.69. The SMILES string of the molecule is COc1ccc(CNC(=O)c2sc(-c3ncccn3)nc2C)cn1. The molecule has 0 aromatic carbocycles. The molecule has 0 atom stereocenters. The Hall–Kier alpha value is -2.87. The molecule has 0 aliphatic rings. The van der Waals surface area contributed by atoms with Gasteiger partial charge in [-0.25, -0.2) is 19.9 Å². The predicted molar refractivity (Wildman–Crippen MR) is 89.8 cm³/mol. The van der Waals surface area contributed by atoms with E-state index in [0.717, 1.165) is 5.56 Å². The molecule has 24 heavy (non-hydrogen) atoms. The van der Waals surface area contributed by atoms with Gasteiger partial charge < -0.3 is 10.1 Å². The molecule has 3 aromatic rings. The molecular weight excluding hydrogens is 326 g/mol. The third-order valence-corrected chi connectivity index (χ3v) is 4.37. The van der Waals surface area contributed by atoms with E-state index in [1.54, 1.807) is 44.8 Å². The maximum atomic E-state index is 12.4. The first kappa shape index (κ1) is 16.0. The fourth-order valence-electron chi connectivity index (χ4n) is 2.01. The zero-order valence-electron chi connectivity index (χ0n) is 13.2. The quantitative estimate of drug-likeness (QED) is 0.765. The van der Waals surface area contributed by atoms with Crippen molar-refractivity contribution in [2.75, 3.05) is 7.11 Å². The highest BCUT2D eigenvalue weighted by atomic mass is 32.1. The third-order valence-electron chi connectivity index (χ3n) is 3.22. The second-order valence-corrected chi connectivity index (χ2v) is 5.90. The molecule has 0 fully saturated rings. The molecule has 3 rings (SSSR count). The van der Waals surface area contributed by atoms with E-state index >= 15 is 0 Å². The van der Waals surface area contributed by atoms with Crippen molar-refractivity contribution in [3.05, 3.63) is 52.9 Å². The number of nitrogens with one attached hydrogen (secondary N) is 1. The van der Waals surface area contributed by atoms with Crippen molar-refractivity contribution in [3.8, 4) is 16.7 Å². The monoisotopic (exact) mass is 341 g/mol. The highest BCUT2D eigenvalue weighted by Gasteiger charge is 2.17. The van der Waals surface area contributed by atoms with E-state index in [1.165, 1.54) is 11.3 Å². The molecule has 8 heteroatoms. The molecular formula is C16H15N5O2S. The van der Waals surface area contributed by atoms with Crippen LogP contribution in [-0.2, 0) is 6.54 Å². The number of hydrogen-bond donors (Lipinski definition) is 1. The molecule has 1 amide bonds. The minimum absolute atomic E-state index is 0.178. The summed E-state index contributed by atoms with van der Waals surface area (Å²) in [6.45, 7) is 2.18. The largest absolute Gasteiger partial charge is 0.481 e. The fourth-order valence-corrected chi connectivity index (χ4v) is 2.94. The molecule has 3 aromatic heterocycles. The van der Waals surface area contributed by atoms with Crippen molar-refractivity contribution < 1.29 is 9.53 Å². The Morgan fingerprint density at radius 2 is 2.04 bits per heavy atom. The minimum Gasteiger partial charge on any atom is -0.481 e. The molecule has 7 nitrogen and oxygen atoms in total. The lowest BCUT2D eigenvalue weighted by molar-refractivity contribution is 0.0954. The Morgan fingerprint density at radius 1 is 1.25 bits per heavy atom. The number of methoxy groups -OCH3 is 1. The summed E-state index contributed by atoms with van der Waals surface area (Å²) in [6, 6.07) is 5.35. The Labute approximate surface area is 142 Å². The average molecular weight is 341 g/mol. The molecule has 0 unspecified atom stereocenters. The van der Waals surface area contributed by atoms with Gasteiger partial charge in [-0.1, -0.05) is 6.07 Å². The lowest BCUT2D eigenvalue weighted by atomic mass is 10.3. The normalized spacial score (nSPS) is 10.4. The van der Waals surface area contributed by atoms with E-state index in [4.69, 9.17) is 4.74 Å². The van der Waals surface area contributed by atoms with Crippen molar-refractivity contribution in [1.29, 1.82) is 0 Å². The van der Waals surface area contributed by atoms with E-state index in [-0.39, 0.29) is 5.91 Å². The molecule has 0 bridgehead atoms. The molecule has 122 valence electrons. The molecule has 0 radical (unpaired) electrons. The summed E-state index contributed by atoms with van der Waals surface area (Å²) in [5.74, 6) is 0.878. The topological polar surface area (TPSA) is 89.9 Å². The zero-order valence-corrected chi connectivity index (χ0v) is 14.0. The molecule has 0 saturated carbocycles. The van der Waals surface area contributed by atoms with E-state index in [2.05, 4.69) is 25.3 Å². The van der Waals surface area contributed by atoms with Gasteiger partial charge in [-0.3, -0.25) is 4.79 Å². The van der Waals surface area contributed by atoms with Crippen LogP contribution in [0.25, 0.3) is 10.8 Å². The second kappa shape index (κ2) is 7.14. The summed E-state index contributed by atoms with van der Waals surface area (Å²) in [5.41, 5.74) is 1.55. The summed E-state index contributed by atoms with van der Waals surface area (Å²) >= 11 is 1.28. The van der Waals surface area contributed by atoms with Gasteiger partial charge in [0.1, 0.15) is 4.88 Å². The molecule has 3 heterocycles. The molecule has 0 saturated heterocycles. The number of aryl methyl sites for hydroxylation is 1. The number of thiazole rings is 1. The number of rotatable bonds is 5. The Kier molecular flexibility index (Phi) is 4.76. The number of hydrogen-bond acceptors (Lipinski definition) is 7. The lowest BCUT2D eigenvalue weighted by Gasteiger charge is -2.05. The van der Waals surface area contributed by atoms with E-state index < -0.39 is 0 Å². The van der Waals surface area contributed by atoms with Gasteiger partial charge in [0.2, 0.25) is 5.88 Å². The highest BCUT2D eigenvalue weighted by molar-refractivity contribution is 7.17. The summed E-state index contributed by atoms with van der Waals surface area (Å²) in [6.07, 6.45) is 4.97. The smallest absolute Gasteiger partial charge is 0.263 e. The van der Waals surface area contributed by atoms with Crippen LogP contribution in [0.5, 0.6) is 5.88 Å². The van der Waals surface area contributed by atoms with Crippen LogP contribution in [0.4, 0.5) is 0 Å². The number of ether oxygens (including phenoxy) is 1. The Morgan fingerprint density at radius 3 is 2.71 bits per heavy atom. The maximum Gasteiger partial charge on any atom is 0.263 e. The average Bonchev–Trinajstić information content (AvgIpc) is 3.03. The summed E-state index contributed by atoms with van der Waals surface area (Å²) < 4.78 is 5.01. The summed E-state index contributed by atoms with van der Waals surface area (Å²) in [4.78, 5) is 29.7. The molecule has 1 N–H and O–H groups in total. The molecule has 0 aliphatic carbocycles. The van der Waals surface area contributed by atoms with Crippen LogP contribution in [0.3, 0.4) is 0 Å². The van der Waals surface area contributed by atoms with Gasteiger partial charge in [-0.2, -0.15) is 0 Å². The maximum absolute atomic E-state index is 12.4. The van der Waals surface area contributed by atoms with Crippen LogP contribution in [-0.4, -0.2) is 33.0 Å². The number of nitrogens with zero attached hydrogens (tertiary/aromatic N) is 4. The van der Waals surface area contributed by atoms with Crippen LogP contribution in [0.1, 0.15) is 20.9 Å². The van der Waals surface area contributed by atoms with Crippen LogP contribution >= 0.6 is 11.3 Å². The molecule has 0 aliphatic heterocycles. The fraction of sp³-hybridized carbons (Fsp3) is 0.188. The number of amides is 1. The van der Waals surface area contributed by atoms with E-state index in [1.807, 2.05) is 6.07 Å². The van der Waals surface area contributed by atoms with Gasteiger partial charge in [0, 0.05) is 31.2 Å². The van der Waals surface area contributed by atoms with Gasteiger partial charge in [-0.15, -0.1) is 11.3 Å².